The molecule has 0 unspecified atom stereocenters. The molecule has 0 radical (unpaired) electrons. The highest BCUT2D eigenvalue weighted by Crippen LogP contribution is 2.29. The van der Waals surface area contributed by atoms with Crippen molar-refractivity contribution in [3.05, 3.63) is 97.1 Å². The van der Waals surface area contributed by atoms with Crippen molar-refractivity contribution >= 4 is 22.7 Å². The van der Waals surface area contributed by atoms with Crippen LogP contribution in [0.4, 0.5) is 22.7 Å². The molecule has 4 rings (SSSR count). The zero-order chi connectivity index (χ0) is 29.8. The lowest BCUT2D eigenvalue weighted by Crippen LogP contribution is -1.96. The van der Waals surface area contributed by atoms with E-state index >= 15 is 0 Å². The van der Waals surface area contributed by atoms with Crippen LogP contribution in [-0.4, -0.2) is 26.4 Å². The van der Waals surface area contributed by atoms with Crippen molar-refractivity contribution in [3.63, 3.8) is 0 Å². The number of hydrogen-bond donors (Lipinski definition) is 2. The van der Waals surface area contributed by atoms with Gasteiger partial charge in [-0.05, 0) is 76.2 Å². The largest absolute Gasteiger partial charge is 0.492 e. The van der Waals surface area contributed by atoms with Gasteiger partial charge in [-0.2, -0.15) is 0 Å². The average molecular weight is 571 g/mol. The highest BCUT2D eigenvalue weighted by Gasteiger charge is 2.04. The van der Waals surface area contributed by atoms with E-state index in [0.717, 1.165) is 22.9 Å². The minimum absolute atomic E-state index is 0.590. The summed E-state index contributed by atoms with van der Waals surface area (Å²) in [6.07, 6.45) is 0. The molecule has 10 heteroatoms. The second kappa shape index (κ2) is 18.3. The number of para-hydroxylation sites is 6. The molecule has 0 fully saturated rings. The lowest BCUT2D eigenvalue weighted by Gasteiger charge is -2.08. The molecule has 0 saturated carbocycles. The van der Waals surface area contributed by atoms with E-state index in [1.165, 1.54) is 0 Å². The second-order valence-electron chi connectivity index (χ2n) is 8.28. The van der Waals surface area contributed by atoms with Crippen molar-refractivity contribution in [1.29, 1.82) is 0 Å². The maximum absolute atomic E-state index is 5.51. The predicted octanol–water partition coefficient (Wildman–Crippen LogP) is 9.19. The van der Waals surface area contributed by atoms with E-state index in [2.05, 4.69) is 31.5 Å². The van der Waals surface area contributed by atoms with Crippen molar-refractivity contribution in [2.24, 2.45) is 20.7 Å². The Labute approximate surface area is 247 Å². The van der Waals surface area contributed by atoms with Gasteiger partial charge in [-0.3, -0.25) is 10.9 Å². The number of ether oxygens (including phenoxy) is 4. The normalized spacial score (nSPS) is 10.6. The minimum Gasteiger partial charge on any atom is -0.492 e. The first-order chi connectivity index (χ1) is 20.7. The summed E-state index contributed by atoms with van der Waals surface area (Å²) in [6.45, 7) is 10.1. The maximum atomic E-state index is 5.51. The van der Waals surface area contributed by atoms with Crippen LogP contribution in [0.25, 0.3) is 0 Å². The van der Waals surface area contributed by atoms with Gasteiger partial charge in [0.25, 0.3) is 0 Å². The van der Waals surface area contributed by atoms with Crippen molar-refractivity contribution in [2.45, 2.75) is 27.7 Å². The Morgan fingerprint density at radius 1 is 0.429 bits per heavy atom. The molecule has 0 aliphatic carbocycles. The van der Waals surface area contributed by atoms with Crippen LogP contribution in [0.15, 0.2) is 118 Å². The molecule has 0 atom stereocenters. The van der Waals surface area contributed by atoms with Crippen LogP contribution in [0.2, 0.25) is 0 Å². The molecule has 0 heterocycles. The van der Waals surface area contributed by atoms with Gasteiger partial charge in [-0.1, -0.05) is 59.0 Å². The fraction of sp³-hybridized carbons (Fsp3) is 0.250. The molecule has 2 N–H and O–H groups in total. The second-order valence-corrected chi connectivity index (χ2v) is 8.28. The standard InChI is InChI=1S/2C16H19N3O2/c2*1-3-20-15-11-7-5-9-13(15)17-19-18-14-10-6-8-12-16(14)21-4-2/h2*5-12H,3-4H2,1-2H3,(H,17,18). The molecule has 0 aromatic heterocycles. The first-order valence-corrected chi connectivity index (χ1v) is 13.9. The number of anilines is 2. The summed E-state index contributed by atoms with van der Waals surface area (Å²) < 4.78 is 22.0. The summed E-state index contributed by atoms with van der Waals surface area (Å²) in [4.78, 5) is 0. The molecule has 0 aliphatic heterocycles. The molecule has 42 heavy (non-hydrogen) atoms. The van der Waals surface area contributed by atoms with Gasteiger partial charge in [0.05, 0.1) is 37.8 Å². The van der Waals surface area contributed by atoms with Gasteiger partial charge in [0, 0.05) is 0 Å². The third-order valence-electron chi connectivity index (χ3n) is 5.36. The van der Waals surface area contributed by atoms with Crippen LogP contribution in [-0.2, 0) is 0 Å². The van der Waals surface area contributed by atoms with Crippen molar-refractivity contribution in [1.82, 2.24) is 0 Å². The molecule has 4 aromatic carbocycles. The number of nitrogens with zero attached hydrogens (tertiary/aromatic N) is 4. The third-order valence-corrected chi connectivity index (χ3v) is 5.36. The molecule has 0 saturated heterocycles. The summed E-state index contributed by atoms with van der Waals surface area (Å²) in [5.74, 6) is 2.92. The topological polar surface area (TPSA) is 110 Å². The zero-order valence-electron chi connectivity index (χ0n) is 24.5. The quantitative estimate of drug-likeness (QED) is 0.115. The first-order valence-electron chi connectivity index (χ1n) is 13.9. The van der Waals surface area contributed by atoms with E-state index in [0.29, 0.717) is 49.3 Å². The molecular formula is C32H38N6O4. The third kappa shape index (κ3) is 10.1. The minimum atomic E-state index is 0.590. The lowest BCUT2D eigenvalue weighted by molar-refractivity contribution is 0.341. The summed E-state index contributed by atoms with van der Waals surface area (Å²) >= 11 is 0. The summed E-state index contributed by atoms with van der Waals surface area (Å²) in [7, 11) is 0. The summed E-state index contributed by atoms with van der Waals surface area (Å²) in [5, 5.41) is 16.3. The summed E-state index contributed by atoms with van der Waals surface area (Å²) in [6, 6.07) is 30.2. The highest BCUT2D eigenvalue weighted by atomic mass is 16.5. The fourth-order valence-electron chi connectivity index (χ4n) is 3.58. The fourth-order valence-corrected chi connectivity index (χ4v) is 3.58. The zero-order valence-corrected chi connectivity index (χ0v) is 24.5. The van der Waals surface area contributed by atoms with Crippen molar-refractivity contribution in [2.75, 3.05) is 37.3 Å². The van der Waals surface area contributed by atoms with Gasteiger partial charge < -0.3 is 18.9 Å². The number of hydrogen-bond acceptors (Lipinski definition) is 8. The molecule has 4 aromatic rings. The highest BCUT2D eigenvalue weighted by molar-refractivity contribution is 5.57. The van der Waals surface area contributed by atoms with Crippen LogP contribution in [0.3, 0.4) is 0 Å². The van der Waals surface area contributed by atoms with E-state index in [1.807, 2.05) is 125 Å². The molecule has 0 amide bonds. The van der Waals surface area contributed by atoms with Gasteiger partial charge in [-0.25, -0.2) is 0 Å². The number of nitrogens with one attached hydrogen (secondary N) is 2. The lowest BCUT2D eigenvalue weighted by atomic mass is 10.3. The molecule has 0 aliphatic rings. The number of rotatable bonds is 14. The molecular weight excluding hydrogens is 532 g/mol. The Kier molecular flexibility index (Phi) is 13.7. The van der Waals surface area contributed by atoms with Crippen LogP contribution < -0.4 is 29.8 Å². The van der Waals surface area contributed by atoms with E-state index in [9.17, 15) is 0 Å². The van der Waals surface area contributed by atoms with Gasteiger partial charge in [0.15, 0.2) is 0 Å². The predicted molar refractivity (Wildman–Crippen MR) is 167 cm³/mol. The Bertz CT molecular complexity index is 1310. The maximum Gasteiger partial charge on any atom is 0.146 e. The van der Waals surface area contributed by atoms with Crippen molar-refractivity contribution in [3.8, 4) is 23.0 Å². The average Bonchev–Trinajstić information content (AvgIpc) is 3.01. The SMILES string of the molecule is CCOc1ccccc1N=NNc1ccccc1OCC.CCOc1ccccc1N=NNc1ccccc1OCC. The molecule has 220 valence electrons. The molecule has 0 spiro atoms. The van der Waals surface area contributed by atoms with Crippen LogP contribution in [0, 0.1) is 0 Å². The monoisotopic (exact) mass is 570 g/mol. The van der Waals surface area contributed by atoms with Crippen LogP contribution in [0.1, 0.15) is 27.7 Å². The van der Waals surface area contributed by atoms with E-state index in [-0.39, 0.29) is 0 Å². The van der Waals surface area contributed by atoms with Crippen LogP contribution in [0.5, 0.6) is 23.0 Å². The first kappa shape index (κ1) is 31.4. The van der Waals surface area contributed by atoms with Gasteiger partial charge in [0.2, 0.25) is 0 Å². The van der Waals surface area contributed by atoms with E-state index in [4.69, 9.17) is 18.9 Å². The smallest absolute Gasteiger partial charge is 0.146 e. The number of benzene rings is 4. The Morgan fingerprint density at radius 3 is 1.12 bits per heavy atom. The van der Waals surface area contributed by atoms with Crippen LogP contribution >= 0.6 is 0 Å². The van der Waals surface area contributed by atoms with Gasteiger partial charge in [-0.15, -0.1) is 10.2 Å². The summed E-state index contributed by atoms with van der Waals surface area (Å²) in [5.41, 5.74) is 8.70. The molecule has 10 nitrogen and oxygen atoms in total. The van der Waals surface area contributed by atoms with E-state index < -0.39 is 0 Å². The van der Waals surface area contributed by atoms with Gasteiger partial charge >= 0.3 is 0 Å². The molecule has 0 bridgehead atoms. The Morgan fingerprint density at radius 2 is 0.738 bits per heavy atom. The van der Waals surface area contributed by atoms with Gasteiger partial charge in [0.1, 0.15) is 34.4 Å². The Balaban J connectivity index is 0.000000230. The van der Waals surface area contributed by atoms with E-state index in [1.54, 1.807) is 0 Å². The Hall–Kier alpha value is -5.12. The van der Waals surface area contributed by atoms with Crippen molar-refractivity contribution < 1.29 is 18.9 Å².